The predicted molar refractivity (Wildman–Crippen MR) is 20.9 cm³/mol. The second kappa shape index (κ2) is 26.4. The van der Waals surface area contributed by atoms with E-state index in [1.807, 2.05) is 0 Å². The molecule has 72 valence electrons. The van der Waals surface area contributed by atoms with Crippen LogP contribution in [0.5, 0.6) is 0 Å². The largest absolute Gasteiger partial charge is 1.00 e. The Morgan fingerprint density at radius 2 is 0.562 bits per heavy atom. The van der Waals surface area contributed by atoms with Crippen molar-refractivity contribution in [3.63, 3.8) is 0 Å². The van der Waals surface area contributed by atoms with Crippen LogP contribution in [0.25, 0.3) is 0 Å². The molecule has 8 nitrogen and oxygen atoms in total. The molecule has 0 unspecified atom stereocenters. The number of hydrogen-bond donors (Lipinski definition) is 0. The summed E-state index contributed by atoms with van der Waals surface area (Å²) in [5.41, 5.74) is 0. The van der Waals surface area contributed by atoms with Crippen molar-refractivity contribution in [2.75, 3.05) is 0 Å². The maximum Gasteiger partial charge on any atom is 1.00 e. The maximum atomic E-state index is 8.52. The Morgan fingerprint density at radius 1 is 0.562 bits per heavy atom. The van der Waals surface area contributed by atoms with Gasteiger partial charge >= 0.3 is 191 Å². The van der Waals surface area contributed by atoms with Crippen LogP contribution in [0, 0.1) is 0 Å². The molecule has 0 radical (unpaired) electrons. The van der Waals surface area contributed by atoms with Crippen LogP contribution in [0.15, 0.2) is 0 Å². The van der Waals surface area contributed by atoms with Crippen molar-refractivity contribution >= 4 is 20.8 Å². The number of hydrogen-bond acceptors (Lipinski definition) is 8. The van der Waals surface area contributed by atoms with Gasteiger partial charge in [0.25, 0.3) is 0 Å². The van der Waals surface area contributed by atoms with E-state index in [1.54, 1.807) is 0 Å². The summed E-state index contributed by atoms with van der Waals surface area (Å²) in [5, 5.41) is 0. The molecule has 0 saturated carbocycles. The van der Waals surface area contributed by atoms with E-state index in [4.69, 9.17) is 35.0 Å². The monoisotopic (exact) mass is 418 g/mol. The molecule has 0 fully saturated rings. The fourth-order valence-corrected chi connectivity index (χ4v) is 0. The average Bonchev–Trinajstić information content (AvgIpc) is 1.12. The molecule has 0 rings (SSSR count). The summed E-state index contributed by atoms with van der Waals surface area (Å²) < 4.78 is 68.2. The molecule has 0 aliphatic rings. The van der Waals surface area contributed by atoms with Crippen LogP contribution in [-0.4, -0.2) is 35.0 Å². The maximum absolute atomic E-state index is 8.52. The third-order valence-corrected chi connectivity index (χ3v) is 0. The molecule has 16 heteroatoms. The standard InChI is InChI=1S/BrH.2K.3Na.2H2O4S/c;;;;;;2*1-5(2,3)4/h1H;;;;;;2*(H2,1,2,3,4)/q;5*+1;;/p-5. The molecule has 0 aromatic rings. The fourth-order valence-electron chi connectivity index (χ4n) is 0. The first-order valence-electron chi connectivity index (χ1n) is 1.33. The van der Waals surface area contributed by atoms with Crippen molar-refractivity contribution in [1.29, 1.82) is 0 Å². The molecule has 0 aromatic heterocycles. The minimum absolute atomic E-state index is 0. The zero-order valence-corrected chi connectivity index (χ0v) is 24.9. The number of rotatable bonds is 0. The van der Waals surface area contributed by atoms with Gasteiger partial charge in [-0.1, -0.05) is 0 Å². The Morgan fingerprint density at radius 3 is 0.562 bits per heavy atom. The van der Waals surface area contributed by atoms with Crippen LogP contribution in [0.1, 0.15) is 0 Å². The molecular weight excluding hydrogens is 419 g/mol. The van der Waals surface area contributed by atoms with Crippen LogP contribution in [0.2, 0.25) is 0 Å². The molecule has 0 aromatic carbocycles. The van der Waals surface area contributed by atoms with Gasteiger partial charge in [-0.15, -0.1) is 0 Å². The quantitative estimate of drug-likeness (QED) is 0.213. The molecule has 16 heavy (non-hydrogen) atoms. The summed E-state index contributed by atoms with van der Waals surface area (Å²) in [4.78, 5) is 0. The van der Waals surface area contributed by atoms with E-state index in [1.165, 1.54) is 0 Å². The third-order valence-electron chi connectivity index (χ3n) is 0. The van der Waals surface area contributed by atoms with E-state index in [9.17, 15) is 0 Å². The van der Waals surface area contributed by atoms with Gasteiger partial charge in [-0.3, -0.25) is 16.8 Å². The molecule has 0 spiro atoms. The van der Waals surface area contributed by atoms with Gasteiger partial charge < -0.3 is 35.2 Å². The predicted octanol–water partition coefficient (Wildman–Crippen LogP) is -20.7. The summed E-state index contributed by atoms with van der Waals surface area (Å²) in [6.45, 7) is 0. The van der Waals surface area contributed by atoms with Crippen LogP contribution < -0.4 is 208 Å². The van der Waals surface area contributed by atoms with Crippen LogP contribution in [-0.2, 0) is 20.8 Å². The smallest absolute Gasteiger partial charge is 1.00 e. The van der Waals surface area contributed by atoms with E-state index in [2.05, 4.69) is 0 Å². The molecule has 0 atom stereocenters. The normalized spacial score (nSPS) is 7.25. The SMILES string of the molecule is O=S(=O)([O-])[O-].O=S(=O)([O-])[O-].[Br-].[K+].[K+].[Na+].[Na+].[Na+]. The van der Waals surface area contributed by atoms with Gasteiger partial charge in [0.05, 0.1) is 0 Å². The van der Waals surface area contributed by atoms with Crippen molar-refractivity contribution in [2.24, 2.45) is 0 Å². The Labute approximate surface area is 256 Å². The first kappa shape index (κ1) is 49.5. The molecule has 0 amide bonds. The first-order chi connectivity index (χ1) is 4.00. The van der Waals surface area contributed by atoms with Crippen molar-refractivity contribution < 1.29 is 243 Å². The first-order valence-corrected chi connectivity index (χ1v) is 4.00. The van der Waals surface area contributed by atoms with E-state index < -0.39 is 20.8 Å². The van der Waals surface area contributed by atoms with E-state index in [0.717, 1.165) is 0 Å². The van der Waals surface area contributed by atoms with Crippen LogP contribution >= 0.6 is 0 Å². The second-order valence-electron chi connectivity index (χ2n) is 0.816. The molecule has 0 aliphatic carbocycles. The summed E-state index contributed by atoms with van der Waals surface area (Å²) in [6.07, 6.45) is 0. The van der Waals surface area contributed by atoms with E-state index in [0.29, 0.717) is 0 Å². The van der Waals surface area contributed by atoms with Crippen molar-refractivity contribution in [1.82, 2.24) is 0 Å². The molecule has 0 N–H and O–H groups in total. The Balaban J connectivity index is -0.00000000970. The fraction of sp³-hybridized carbons (Fsp3) is 0. The van der Waals surface area contributed by atoms with Crippen molar-refractivity contribution in [2.45, 2.75) is 0 Å². The molecule has 0 saturated heterocycles. The number of halogens is 1. The van der Waals surface area contributed by atoms with Gasteiger partial charge in [0.15, 0.2) is 0 Å². The topological polar surface area (TPSA) is 161 Å². The second-order valence-corrected chi connectivity index (χ2v) is 2.45. The van der Waals surface area contributed by atoms with Crippen LogP contribution in [0.3, 0.4) is 0 Å². The Kier molecular flexibility index (Phi) is 81.6. The van der Waals surface area contributed by atoms with Crippen molar-refractivity contribution in [3.8, 4) is 0 Å². The van der Waals surface area contributed by atoms with Crippen LogP contribution in [0.4, 0.5) is 0 Å². The summed E-state index contributed by atoms with van der Waals surface area (Å²) in [7, 11) is -10.3. The summed E-state index contributed by atoms with van der Waals surface area (Å²) in [6, 6.07) is 0. The molecule has 0 heterocycles. The van der Waals surface area contributed by atoms with E-state index in [-0.39, 0.29) is 208 Å². The van der Waals surface area contributed by atoms with Gasteiger partial charge in [-0.2, -0.15) is 0 Å². The zero-order valence-electron chi connectivity index (χ0n) is 9.46. The zero-order chi connectivity index (χ0) is 9.00. The van der Waals surface area contributed by atoms with Gasteiger partial charge in [0.2, 0.25) is 0 Å². The van der Waals surface area contributed by atoms with E-state index >= 15 is 0 Å². The average molecular weight is 419 g/mol. The van der Waals surface area contributed by atoms with Gasteiger partial charge in [0.1, 0.15) is 0 Å². The van der Waals surface area contributed by atoms with Crippen molar-refractivity contribution in [3.05, 3.63) is 0 Å². The minimum Gasteiger partial charge on any atom is -1.00 e. The summed E-state index contributed by atoms with van der Waals surface area (Å²) in [5.74, 6) is 0. The molecule has 0 bridgehead atoms. The molecule has 0 aliphatic heterocycles. The minimum atomic E-state index is -5.17. The Hall–Kier alpha value is 6.49. The molecular formula is BrK2Na3O8S2. The Bertz CT molecular complexity index is 228. The summed E-state index contributed by atoms with van der Waals surface area (Å²) >= 11 is 0. The van der Waals surface area contributed by atoms with Gasteiger partial charge in [0, 0.05) is 20.8 Å². The van der Waals surface area contributed by atoms with Gasteiger partial charge in [-0.05, 0) is 0 Å². The van der Waals surface area contributed by atoms with Gasteiger partial charge in [-0.25, -0.2) is 0 Å². The third kappa shape index (κ3) is 185.